The molecule has 3 rings (SSSR count). The lowest BCUT2D eigenvalue weighted by Gasteiger charge is -2.08. The Hall–Kier alpha value is -2.25. The number of anilines is 1. The van der Waals surface area contributed by atoms with Gasteiger partial charge in [0, 0.05) is 24.4 Å². The lowest BCUT2D eigenvalue weighted by atomic mass is 10.1. The number of nitrogens with two attached hydrogens (primary N) is 1. The molecule has 156 valence electrons. The van der Waals surface area contributed by atoms with Gasteiger partial charge in [0.2, 0.25) is 10.0 Å². The first-order chi connectivity index (χ1) is 13.3. The van der Waals surface area contributed by atoms with Crippen LogP contribution < -0.4 is 15.8 Å². The zero-order valence-corrected chi connectivity index (χ0v) is 18.6. The molecule has 1 aliphatic carbocycles. The maximum Gasteiger partial charge on any atom is 0.270 e. The van der Waals surface area contributed by atoms with Gasteiger partial charge in [0.25, 0.3) is 5.69 Å². The Morgan fingerprint density at radius 1 is 1.17 bits per heavy atom. The van der Waals surface area contributed by atoms with E-state index in [0.717, 1.165) is 31.0 Å². The van der Waals surface area contributed by atoms with Gasteiger partial charge in [-0.15, -0.1) is 24.0 Å². The molecule has 0 aliphatic heterocycles. The van der Waals surface area contributed by atoms with Crippen LogP contribution in [0.15, 0.2) is 52.4 Å². The average Bonchev–Trinajstić information content (AvgIpc) is 3.13. The van der Waals surface area contributed by atoms with Crippen LogP contribution in [-0.4, -0.2) is 32.4 Å². The molecule has 0 amide bonds. The molecule has 11 heteroatoms. The fourth-order valence-corrected chi connectivity index (χ4v) is 4.10. The highest BCUT2D eigenvalue weighted by Crippen LogP contribution is 2.24. The molecule has 4 N–H and O–H groups in total. The monoisotopic (exact) mass is 531 g/mol. The summed E-state index contributed by atoms with van der Waals surface area (Å²) in [5.41, 5.74) is 9.08. The van der Waals surface area contributed by atoms with Gasteiger partial charge >= 0.3 is 0 Å². The van der Waals surface area contributed by atoms with E-state index in [-0.39, 0.29) is 53.6 Å². The minimum Gasteiger partial charge on any atom is -0.370 e. The van der Waals surface area contributed by atoms with Crippen LogP contribution >= 0.6 is 24.0 Å². The number of halogens is 1. The first-order valence-electron chi connectivity index (χ1n) is 8.78. The summed E-state index contributed by atoms with van der Waals surface area (Å²) >= 11 is 0. The normalized spacial score (nSPS) is 13.4. The first kappa shape index (κ1) is 23.0. The molecule has 0 saturated carbocycles. The van der Waals surface area contributed by atoms with Gasteiger partial charge in [0.05, 0.1) is 16.4 Å². The maximum absolute atomic E-state index is 12.2. The quantitative estimate of drug-likeness (QED) is 0.125. The van der Waals surface area contributed by atoms with Crippen LogP contribution in [0.2, 0.25) is 0 Å². The maximum atomic E-state index is 12.2. The minimum atomic E-state index is -3.86. The Kier molecular flexibility index (Phi) is 7.93. The summed E-state index contributed by atoms with van der Waals surface area (Å²) in [6.45, 7) is 0.134. The molecule has 0 radical (unpaired) electrons. The summed E-state index contributed by atoms with van der Waals surface area (Å²) in [6.07, 6.45) is 3.32. The Morgan fingerprint density at radius 2 is 1.93 bits per heavy atom. The van der Waals surface area contributed by atoms with Crippen LogP contribution in [-0.2, 0) is 22.9 Å². The topological polar surface area (TPSA) is 140 Å². The number of sulfonamides is 1. The van der Waals surface area contributed by atoms with Crippen molar-refractivity contribution in [1.82, 2.24) is 4.72 Å². The zero-order valence-electron chi connectivity index (χ0n) is 15.5. The van der Waals surface area contributed by atoms with Crippen LogP contribution in [0.1, 0.15) is 17.5 Å². The van der Waals surface area contributed by atoms with Crippen molar-refractivity contribution in [2.24, 2.45) is 10.7 Å². The number of nitro benzene ring substituents is 1. The van der Waals surface area contributed by atoms with Crippen molar-refractivity contribution in [1.29, 1.82) is 0 Å². The lowest BCUT2D eigenvalue weighted by molar-refractivity contribution is -0.385. The van der Waals surface area contributed by atoms with Gasteiger partial charge in [0.15, 0.2) is 5.96 Å². The number of fused-ring (bicyclic) bond motifs is 1. The number of nitro groups is 1. The van der Waals surface area contributed by atoms with Crippen molar-refractivity contribution in [2.75, 3.05) is 18.4 Å². The van der Waals surface area contributed by atoms with E-state index in [1.54, 1.807) is 0 Å². The predicted octanol–water partition coefficient (Wildman–Crippen LogP) is 2.41. The van der Waals surface area contributed by atoms with Crippen LogP contribution in [0, 0.1) is 10.1 Å². The van der Waals surface area contributed by atoms with Gasteiger partial charge < -0.3 is 11.1 Å². The van der Waals surface area contributed by atoms with Crippen molar-refractivity contribution in [3.8, 4) is 0 Å². The minimum absolute atomic E-state index is 0. The molecule has 1 aliphatic rings. The molecule has 0 heterocycles. The van der Waals surface area contributed by atoms with Gasteiger partial charge in [0.1, 0.15) is 0 Å². The molecular formula is C18H22IN5O4S. The van der Waals surface area contributed by atoms with E-state index < -0.39 is 14.9 Å². The van der Waals surface area contributed by atoms with E-state index in [1.807, 2.05) is 6.07 Å². The summed E-state index contributed by atoms with van der Waals surface area (Å²) in [4.78, 5) is 14.1. The van der Waals surface area contributed by atoms with Crippen molar-refractivity contribution in [2.45, 2.75) is 24.2 Å². The molecule has 9 nitrogen and oxygen atoms in total. The van der Waals surface area contributed by atoms with Gasteiger partial charge in [-0.3, -0.25) is 15.1 Å². The standard InChI is InChI=1S/C18H21N5O4S.HI/c19-18(22-15-8-7-13-3-1-4-14(13)11-15)20-9-10-21-28(26,27)17-6-2-5-16(12-17)23(24)25;/h2,5-8,11-12,21H,1,3-4,9-10H2,(H3,19,20,22);1H. The number of aliphatic imine (C=N–C) groups is 1. The fraction of sp³-hybridized carbons (Fsp3) is 0.278. The number of nitrogens with one attached hydrogen (secondary N) is 2. The van der Waals surface area contributed by atoms with Gasteiger partial charge in [-0.1, -0.05) is 12.1 Å². The SMILES string of the molecule is I.NC(=NCCNS(=O)(=O)c1cccc([N+](=O)[O-])c1)Nc1ccc2c(c1)CCC2. The van der Waals surface area contributed by atoms with Crippen LogP contribution in [0.25, 0.3) is 0 Å². The Bertz CT molecular complexity index is 1030. The summed E-state index contributed by atoms with van der Waals surface area (Å²) in [6, 6.07) is 10.9. The van der Waals surface area contributed by atoms with Gasteiger partial charge in [-0.05, 0) is 48.6 Å². The molecule has 29 heavy (non-hydrogen) atoms. The Morgan fingerprint density at radius 3 is 2.69 bits per heavy atom. The number of non-ortho nitro benzene ring substituents is 1. The molecular weight excluding hydrogens is 509 g/mol. The van der Waals surface area contributed by atoms with Crippen molar-refractivity contribution >= 4 is 51.3 Å². The molecule has 0 bridgehead atoms. The van der Waals surface area contributed by atoms with Crippen molar-refractivity contribution < 1.29 is 13.3 Å². The van der Waals surface area contributed by atoms with Crippen LogP contribution in [0.4, 0.5) is 11.4 Å². The number of guanidine groups is 1. The van der Waals surface area contributed by atoms with E-state index in [9.17, 15) is 18.5 Å². The van der Waals surface area contributed by atoms with Crippen molar-refractivity contribution in [3.05, 3.63) is 63.7 Å². The van der Waals surface area contributed by atoms with Crippen LogP contribution in [0.5, 0.6) is 0 Å². The number of rotatable bonds is 7. The van der Waals surface area contributed by atoms with E-state index in [2.05, 4.69) is 27.2 Å². The fourth-order valence-electron chi connectivity index (χ4n) is 3.04. The Labute approximate surface area is 186 Å². The average molecular weight is 531 g/mol. The van der Waals surface area contributed by atoms with Crippen LogP contribution in [0.3, 0.4) is 0 Å². The smallest absolute Gasteiger partial charge is 0.270 e. The summed E-state index contributed by atoms with van der Waals surface area (Å²) in [7, 11) is -3.86. The predicted molar refractivity (Wildman–Crippen MR) is 122 cm³/mol. The number of nitrogens with zero attached hydrogens (tertiary/aromatic N) is 2. The molecule has 0 fully saturated rings. The van der Waals surface area contributed by atoms with E-state index >= 15 is 0 Å². The van der Waals surface area contributed by atoms with Crippen molar-refractivity contribution in [3.63, 3.8) is 0 Å². The van der Waals surface area contributed by atoms with E-state index in [4.69, 9.17) is 5.73 Å². The largest absolute Gasteiger partial charge is 0.370 e. The Balaban J connectivity index is 0.00000300. The molecule has 2 aromatic rings. The summed E-state index contributed by atoms with van der Waals surface area (Å²) in [5, 5.41) is 13.8. The number of hydrogen-bond acceptors (Lipinski definition) is 5. The van der Waals surface area contributed by atoms with E-state index in [0.29, 0.717) is 0 Å². The number of aryl methyl sites for hydroxylation is 2. The third-order valence-corrected chi connectivity index (χ3v) is 5.85. The number of benzene rings is 2. The molecule has 0 spiro atoms. The number of hydrogen-bond donors (Lipinski definition) is 3. The molecule has 0 unspecified atom stereocenters. The lowest BCUT2D eigenvalue weighted by Crippen LogP contribution is -2.28. The summed E-state index contributed by atoms with van der Waals surface area (Å²) < 4.78 is 26.8. The summed E-state index contributed by atoms with van der Waals surface area (Å²) in [5.74, 6) is 0.187. The van der Waals surface area contributed by atoms with E-state index in [1.165, 1.54) is 29.3 Å². The first-order valence-corrected chi connectivity index (χ1v) is 10.3. The third-order valence-electron chi connectivity index (χ3n) is 4.40. The highest BCUT2D eigenvalue weighted by atomic mass is 127. The van der Waals surface area contributed by atoms with Gasteiger partial charge in [-0.25, -0.2) is 13.1 Å². The highest BCUT2D eigenvalue weighted by molar-refractivity contribution is 14.0. The second kappa shape index (κ2) is 9.98. The molecule has 0 aromatic heterocycles. The second-order valence-corrected chi connectivity index (χ2v) is 8.15. The van der Waals surface area contributed by atoms with Gasteiger partial charge in [-0.2, -0.15) is 0 Å². The highest BCUT2D eigenvalue weighted by Gasteiger charge is 2.17. The molecule has 2 aromatic carbocycles. The zero-order chi connectivity index (χ0) is 20.1. The molecule has 0 atom stereocenters. The molecule has 0 saturated heterocycles. The second-order valence-electron chi connectivity index (χ2n) is 6.38. The third kappa shape index (κ3) is 6.11.